The van der Waals surface area contributed by atoms with Crippen molar-refractivity contribution in [3.05, 3.63) is 54.6 Å². The van der Waals surface area contributed by atoms with E-state index < -0.39 is 0 Å². The highest BCUT2D eigenvalue weighted by atomic mass is 32.2. The van der Waals surface area contributed by atoms with Gasteiger partial charge in [0.05, 0.1) is 30.9 Å². The second-order valence-electron chi connectivity index (χ2n) is 4.88. The Morgan fingerprint density at radius 1 is 1.30 bits per heavy atom. The lowest BCUT2D eigenvalue weighted by Crippen LogP contribution is -2.30. The maximum Gasteiger partial charge on any atom is 0.233 e. The van der Waals surface area contributed by atoms with Gasteiger partial charge in [-0.2, -0.15) is 0 Å². The predicted molar refractivity (Wildman–Crippen MR) is 83.7 cm³/mol. The number of hydrogen-bond donors (Lipinski definition) is 1. The molecule has 0 aliphatic carbocycles. The smallest absolute Gasteiger partial charge is 0.233 e. The lowest BCUT2D eigenvalue weighted by Gasteiger charge is -2.11. The van der Waals surface area contributed by atoms with E-state index in [2.05, 4.69) is 15.5 Å². The molecule has 1 amide bonds. The van der Waals surface area contributed by atoms with E-state index in [1.54, 1.807) is 24.9 Å². The van der Waals surface area contributed by atoms with Crippen molar-refractivity contribution in [1.29, 1.82) is 0 Å². The van der Waals surface area contributed by atoms with Crippen LogP contribution in [0, 0.1) is 0 Å². The molecule has 0 bridgehead atoms. The van der Waals surface area contributed by atoms with Crippen molar-refractivity contribution < 1.29 is 13.6 Å². The molecule has 3 aromatic heterocycles. The number of carbonyl (C=O) groups excluding carboxylic acids is 1. The van der Waals surface area contributed by atoms with E-state index in [4.69, 9.17) is 8.83 Å². The largest absolute Gasteiger partial charge is 0.467 e. The van der Waals surface area contributed by atoms with E-state index in [1.165, 1.54) is 11.8 Å². The lowest BCUT2D eigenvalue weighted by molar-refractivity contribution is -0.120. The first-order valence-electron chi connectivity index (χ1n) is 7.09. The number of nitrogens with zero attached hydrogens (tertiary/aromatic N) is 3. The standard InChI is InChI=1S/C15H16N4O3S/c1-11(14(20)16-8-12-4-2-6-21-12)23-15-18-17-10-19(15)9-13-5-3-7-22-13/h2-7,10-11H,8-9H2,1H3,(H,16,20)/t11-/m1/s1. The van der Waals surface area contributed by atoms with Crippen molar-refractivity contribution >= 4 is 17.7 Å². The first kappa shape index (κ1) is 15.4. The molecule has 0 aromatic carbocycles. The van der Waals surface area contributed by atoms with Gasteiger partial charge in [0.15, 0.2) is 5.16 Å². The van der Waals surface area contributed by atoms with Crippen LogP contribution < -0.4 is 5.32 Å². The summed E-state index contributed by atoms with van der Waals surface area (Å²) in [5, 5.41) is 11.2. The fourth-order valence-electron chi connectivity index (χ4n) is 1.96. The molecule has 3 heterocycles. The topological polar surface area (TPSA) is 86.1 Å². The van der Waals surface area contributed by atoms with Gasteiger partial charge >= 0.3 is 0 Å². The van der Waals surface area contributed by atoms with Crippen LogP contribution in [-0.4, -0.2) is 25.9 Å². The highest BCUT2D eigenvalue weighted by Gasteiger charge is 2.18. The van der Waals surface area contributed by atoms with E-state index in [-0.39, 0.29) is 11.2 Å². The van der Waals surface area contributed by atoms with Crippen molar-refractivity contribution in [2.45, 2.75) is 30.4 Å². The van der Waals surface area contributed by atoms with Crippen molar-refractivity contribution in [1.82, 2.24) is 20.1 Å². The predicted octanol–water partition coefficient (Wildman–Crippen LogP) is 2.31. The van der Waals surface area contributed by atoms with Crippen LogP contribution in [0.2, 0.25) is 0 Å². The number of nitrogens with one attached hydrogen (secondary N) is 1. The fraction of sp³-hybridized carbons (Fsp3) is 0.267. The number of furan rings is 2. The highest BCUT2D eigenvalue weighted by Crippen LogP contribution is 2.22. The lowest BCUT2D eigenvalue weighted by atomic mass is 10.4. The van der Waals surface area contributed by atoms with Gasteiger partial charge in [-0.25, -0.2) is 0 Å². The number of hydrogen-bond acceptors (Lipinski definition) is 6. The molecule has 3 rings (SSSR count). The fourth-order valence-corrected chi connectivity index (χ4v) is 2.81. The van der Waals surface area contributed by atoms with Gasteiger partial charge in [-0.05, 0) is 31.2 Å². The Hall–Kier alpha value is -2.48. The number of thioether (sulfide) groups is 1. The molecule has 0 saturated heterocycles. The molecule has 0 aliphatic rings. The quantitative estimate of drug-likeness (QED) is 0.668. The van der Waals surface area contributed by atoms with Gasteiger partial charge < -0.3 is 18.7 Å². The summed E-state index contributed by atoms with van der Waals surface area (Å²) in [6.45, 7) is 2.73. The third kappa shape index (κ3) is 4.04. The zero-order valence-corrected chi connectivity index (χ0v) is 13.3. The minimum atomic E-state index is -0.301. The van der Waals surface area contributed by atoms with E-state index in [0.717, 1.165) is 11.5 Å². The van der Waals surface area contributed by atoms with Gasteiger partial charge in [-0.1, -0.05) is 11.8 Å². The SMILES string of the molecule is C[C@@H](Sc1nncn1Cc1ccco1)C(=O)NCc1ccco1. The highest BCUT2D eigenvalue weighted by molar-refractivity contribution is 8.00. The number of amides is 1. The van der Waals surface area contributed by atoms with Crippen molar-refractivity contribution in [2.24, 2.45) is 0 Å². The zero-order chi connectivity index (χ0) is 16.1. The van der Waals surface area contributed by atoms with Crippen LogP contribution in [0.1, 0.15) is 18.4 Å². The molecule has 3 aromatic rings. The minimum absolute atomic E-state index is 0.0843. The van der Waals surface area contributed by atoms with E-state index in [0.29, 0.717) is 18.2 Å². The molecule has 7 nitrogen and oxygen atoms in total. The number of aromatic nitrogens is 3. The van der Waals surface area contributed by atoms with Crippen LogP contribution in [0.3, 0.4) is 0 Å². The summed E-state index contributed by atoms with van der Waals surface area (Å²) in [5.41, 5.74) is 0. The monoisotopic (exact) mass is 332 g/mol. The summed E-state index contributed by atoms with van der Waals surface area (Å²) < 4.78 is 12.4. The molecule has 8 heteroatoms. The Balaban J connectivity index is 1.56. The summed E-state index contributed by atoms with van der Waals surface area (Å²) in [5.74, 6) is 1.44. The molecule has 23 heavy (non-hydrogen) atoms. The first-order valence-corrected chi connectivity index (χ1v) is 7.97. The van der Waals surface area contributed by atoms with Gasteiger partial charge in [-0.15, -0.1) is 10.2 Å². The zero-order valence-electron chi connectivity index (χ0n) is 12.5. The van der Waals surface area contributed by atoms with E-state index in [9.17, 15) is 4.79 Å². The normalized spacial score (nSPS) is 12.2. The van der Waals surface area contributed by atoms with Crippen LogP contribution in [0.5, 0.6) is 0 Å². The van der Waals surface area contributed by atoms with Gasteiger partial charge in [0, 0.05) is 0 Å². The second-order valence-corrected chi connectivity index (χ2v) is 6.19. The molecular weight excluding hydrogens is 316 g/mol. The van der Waals surface area contributed by atoms with Gasteiger partial charge in [0.2, 0.25) is 5.91 Å². The average molecular weight is 332 g/mol. The summed E-state index contributed by atoms with van der Waals surface area (Å²) in [6.07, 6.45) is 4.83. The minimum Gasteiger partial charge on any atom is -0.467 e. The van der Waals surface area contributed by atoms with Crippen LogP contribution in [0.4, 0.5) is 0 Å². The van der Waals surface area contributed by atoms with Crippen LogP contribution in [-0.2, 0) is 17.9 Å². The summed E-state index contributed by atoms with van der Waals surface area (Å²) in [7, 11) is 0. The van der Waals surface area contributed by atoms with Crippen molar-refractivity contribution in [3.8, 4) is 0 Å². The second kappa shape index (κ2) is 7.19. The van der Waals surface area contributed by atoms with E-state index in [1.807, 2.05) is 29.7 Å². The molecule has 120 valence electrons. The van der Waals surface area contributed by atoms with Crippen LogP contribution >= 0.6 is 11.8 Å². The molecule has 0 unspecified atom stereocenters. The van der Waals surface area contributed by atoms with Crippen molar-refractivity contribution in [3.63, 3.8) is 0 Å². The van der Waals surface area contributed by atoms with Gasteiger partial charge in [-0.3, -0.25) is 4.79 Å². The third-order valence-electron chi connectivity index (χ3n) is 3.15. The molecule has 1 atom stereocenters. The average Bonchev–Trinajstić information content (AvgIpc) is 3.28. The molecule has 0 aliphatic heterocycles. The number of rotatable bonds is 7. The summed E-state index contributed by atoms with van der Waals surface area (Å²) in [6, 6.07) is 7.32. The molecule has 0 radical (unpaired) electrons. The molecular formula is C15H16N4O3S. The Kier molecular flexibility index (Phi) is 4.82. The van der Waals surface area contributed by atoms with Crippen LogP contribution in [0.15, 0.2) is 57.1 Å². The van der Waals surface area contributed by atoms with E-state index >= 15 is 0 Å². The van der Waals surface area contributed by atoms with Crippen molar-refractivity contribution in [2.75, 3.05) is 0 Å². The first-order chi connectivity index (χ1) is 11.2. The Morgan fingerprint density at radius 3 is 2.74 bits per heavy atom. The Labute approximate surface area is 137 Å². The maximum atomic E-state index is 12.1. The third-order valence-corrected chi connectivity index (χ3v) is 4.25. The van der Waals surface area contributed by atoms with Gasteiger partial charge in [0.1, 0.15) is 17.8 Å². The molecule has 0 spiro atoms. The Bertz CT molecular complexity index is 737. The Morgan fingerprint density at radius 2 is 2.04 bits per heavy atom. The summed E-state index contributed by atoms with van der Waals surface area (Å²) >= 11 is 1.35. The molecule has 0 fully saturated rings. The maximum absolute atomic E-state index is 12.1. The molecule has 1 N–H and O–H groups in total. The molecule has 0 saturated carbocycles. The van der Waals surface area contributed by atoms with Gasteiger partial charge in [0.25, 0.3) is 0 Å². The number of carbonyl (C=O) groups is 1. The van der Waals surface area contributed by atoms with Crippen LogP contribution in [0.25, 0.3) is 0 Å². The summed E-state index contributed by atoms with van der Waals surface area (Å²) in [4.78, 5) is 12.1.